The molecule has 2 aromatic carbocycles. The second-order valence-electron chi connectivity index (χ2n) is 7.01. The lowest BCUT2D eigenvalue weighted by molar-refractivity contribution is -0.288. The van der Waals surface area contributed by atoms with E-state index < -0.39 is 52.3 Å². The number of phenols is 2. The monoisotopic (exact) mass is 508 g/mol. The van der Waals surface area contributed by atoms with Crippen LogP contribution in [0.3, 0.4) is 0 Å². The maximum atomic E-state index is 13.6. The van der Waals surface area contributed by atoms with Gasteiger partial charge in [-0.3, -0.25) is 0 Å². The molecule has 12 heteroatoms. The summed E-state index contributed by atoms with van der Waals surface area (Å²) >= 11 is 0. The standard InChI is InChI=1S/C15H10F6O2.2C4H6O2/c16-14(17,18)13(15(19,20)21,9-1-5-11(22)6-2-9)10-3-7-12(23)8-4-10;2*1-3(2)4(5)6/h1-8,22-23H;2*1H2,2H3,(H,5,6). The smallest absolute Gasteiger partial charge is 0.411 e. The fourth-order valence-electron chi connectivity index (χ4n) is 2.40. The molecule has 0 aliphatic rings. The van der Waals surface area contributed by atoms with Gasteiger partial charge in [-0.2, -0.15) is 26.3 Å². The van der Waals surface area contributed by atoms with Gasteiger partial charge in [-0.15, -0.1) is 0 Å². The largest absolute Gasteiger partial charge is 0.508 e. The van der Waals surface area contributed by atoms with Crippen molar-refractivity contribution in [1.82, 2.24) is 0 Å². The summed E-state index contributed by atoms with van der Waals surface area (Å²) in [5.41, 5.74) is -6.09. The number of carboxylic acid groups (broad SMARTS) is 2. The summed E-state index contributed by atoms with van der Waals surface area (Å²) in [6.07, 6.45) is -11.4. The Hall–Kier alpha value is -3.96. The molecule has 0 heterocycles. The number of hydrogen-bond acceptors (Lipinski definition) is 4. The van der Waals surface area contributed by atoms with Crippen molar-refractivity contribution in [2.24, 2.45) is 0 Å². The summed E-state index contributed by atoms with van der Waals surface area (Å²) in [6, 6.07) is 5.30. The van der Waals surface area contributed by atoms with Crippen molar-refractivity contribution >= 4 is 11.9 Å². The Morgan fingerprint density at radius 3 is 0.971 bits per heavy atom. The Morgan fingerprint density at radius 2 is 0.829 bits per heavy atom. The molecule has 0 aliphatic heterocycles. The second-order valence-corrected chi connectivity index (χ2v) is 7.01. The van der Waals surface area contributed by atoms with Crippen LogP contribution in [0.2, 0.25) is 0 Å². The summed E-state index contributed by atoms with van der Waals surface area (Å²) in [7, 11) is 0. The van der Waals surface area contributed by atoms with Gasteiger partial charge in [0.15, 0.2) is 0 Å². The topological polar surface area (TPSA) is 115 Å². The van der Waals surface area contributed by atoms with E-state index in [1.165, 1.54) is 13.8 Å². The van der Waals surface area contributed by atoms with Crippen molar-refractivity contribution in [2.45, 2.75) is 31.6 Å². The number of phenolic OH excluding ortho intramolecular Hbond substituents is 2. The van der Waals surface area contributed by atoms with Gasteiger partial charge in [0.25, 0.3) is 0 Å². The number of rotatable bonds is 4. The zero-order valence-corrected chi connectivity index (χ0v) is 18.4. The summed E-state index contributed by atoms with van der Waals surface area (Å²) < 4.78 is 81.6. The summed E-state index contributed by atoms with van der Waals surface area (Å²) in [5, 5.41) is 34.1. The molecule has 35 heavy (non-hydrogen) atoms. The number of halogens is 6. The zero-order chi connectivity index (χ0) is 27.8. The van der Waals surface area contributed by atoms with Crippen LogP contribution >= 0.6 is 0 Å². The Kier molecular flexibility index (Phi) is 10.6. The van der Waals surface area contributed by atoms with Gasteiger partial charge in [0, 0.05) is 11.1 Å². The van der Waals surface area contributed by atoms with Gasteiger partial charge < -0.3 is 20.4 Å². The highest BCUT2D eigenvalue weighted by Crippen LogP contribution is 2.56. The fraction of sp³-hybridized carbons (Fsp3) is 0.217. The van der Waals surface area contributed by atoms with Crippen molar-refractivity contribution < 1.29 is 56.4 Å². The SMILES string of the molecule is C=C(C)C(=O)O.C=C(C)C(=O)O.Oc1ccc(C(c2ccc(O)cc2)(C(F)(F)F)C(F)(F)F)cc1. The number of carbonyl (C=O) groups is 2. The molecule has 0 spiro atoms. The summed E-state index contributed by atoms with van der Waals surface area (Å²) in [4.78, 5) is 19.2. The highest BCUT2D eigenvalue weighted by molar-refractivity contribution is 5.85. The van der Waals surface area contributed by atoms with E-state index in [4.69, 9.17) is 20.4 Å². The average Bonchev–Trinajstić information content (AvgIpc) is 2.70. The molecular formula is C23H22F6O6. The van der Waals surface area contributed by atoms with Gasteiger partial charge >= 0.3 is 24.3 Å². The normalized spacial score (nSPS) is 11.2. The molecule has 0 amide bonds. The second kappa shape index (κ2) is 12.0. The van der Waals surface area contributed by atoms with E-state index in [9.17, 15) is 35.9 Å². The third kappa shape index (κ3) is 8.09. The lowest BCUT2D eigenvalue weighted by Crippen LogP contribution is -2.54. The number of alkyl halides is 6. The van der Waals surface area contributed by atoms with E-state index in [1.54, 1.807) is 0 Å². The minimum atomic E-state index is -5.70. The highest BCUT2D eigenvalue weighted by Gasteiger charge is 2.72. The molecule has 0 aliphatic carbocycles. The third-order valence-corrected chi connectivity index (χ3v) is 4.18. The quantitative estimate of drug-likeness (QED) is 0.307. The Labute approximate surface area is 196 Å². The van der Waals surface area contributed by atoms with E-state index in [0.29, 0.717) is 24.3 Å². The number of aliphatic carboxylic acids is 2. The Bertz CT molecular complexity index is 929. The molecular weight excluding hydrogens is 486 g/mol. The predicted molar refractivity (Wildman–Crippen MR) is 114 cm³/mol. The van der Waals surface area contributed by atoms with Crippen molar-refractivity contribution in [1.29, 1.82) is 0 Å². The first-order valence-electron chi connectivity index (χ1n) is 9.29. The van der Waals surface area contributed by atoms with E-state index in [1.807, 2.05) is 0 Å². The van der Waals surface area contributed by atoms with Gasteiger partial charge in [-0.05, 0) is 49.2 Å². The van der Waals surface area contributed by atoms with Crippen molar-refractivity contribution in [2.75, 3.05) is 0 Å². The first kappa shape index (κ1) is 31.0. The fourth-order valence-corrected chi connectivity index (χ4v) is 2.40. The molecule has 0 bridgehead atoms. The van der Waals surface area contributed by atoms with E-state index in [-0.39, 0.29) is 11.1 Å². The average molecular weight is 508 g/mol. The molecule has 0 atom stereocenters. The first-order chi connectivity index (χ1) is 15.8. The highest BCUT2D eigenvalue weighted by atomic mass is 19.4. The molecule has 4 N–H and O–H groups in total. The minimum Gasteiger partial charge on any atom is -0.508 e. The van der Waals surface area contributed by atoms with E-state index >= 15 is 0 Å². The molecule has 0 aromatic heterocycles. The number of hydrogen-bond donors (Lipinski definition) is 4. The first-order valence-corrected chi connectivity index (χ1v) is 9.29. The molecule has 0 saturated carbocycles. The lowest BCUT2D eigenvalue weighted by Gasteiger charge is -2.38. The van der Waals surface area contributed by atoms with Gasteiger partial charge in [-0.25, -0.2) is 9.59 Å². The number of aromatic hydroxyl groups is 2. The van der Waals surface area contributed by atoms with Crippen molar-refractivity contribution in [3.8, 4) is 11.5 Å². The predicted octanol–water partition coefficient (Wildman–Crippen LogP) is 5.80. The molecule has 6 nitrogen and oxygen atoms in total. The molecule has 0 fully saturated rings. The summed E-state index contributed by atoms with van der Waals surface area (Å²) in [6.45, 7) is 9.20. The lowest BCUT2D eigenvalue weighted by atomic mass is 9.73. The maximum Gasteiger partial charge on any atom is 0.411 e. The van der Waals surface area contributed by atoms with Crippen molar-refractivity contribution in [3.63, 3.8) is 0 Å². The number of carboxylic acids is 2. The van der Waals surface area contributed by atoms with Crippen LogP contribution in [0.4, 0.5) is 26.3 Å². The molecule has 0 unspecified atom stereocenters. The molecule has 0 radical (unpaired) electrons. The van der Waals surface area contributed by atoms with Crippen LogP contribution in [-0.2, 0) is 15.0 Å². The molecule has 2 aromatic rings. The van der Waals surface area contributed by atoms with Crippen LogP contribution < -0.4 is 0 Å². The van der Waals surface area contributed by atoms with Crippen LogP contribution in [0, 0.1) is 0 Å². The van der Waals surface area contributed by atoms with Crippen LogP contribution in [0.25, 0.3) is 0 Å². The maximum absolute atomic E-state index is 13.6. The van der Waals surface area contributed by atoms with Crippen molar-refractivity contribution in [3.05, 3.63) is 84.0 Å². The Morgan fingerprint density at radius 1 is 0.629 bits per heavy atom. The van der Waals surface area contributed by atoms with Crippen LogP contribution in [0.15, 0.2) is 72.8 Å². The third-order valence-electron chi connectivity index (χ3n) is 4.18. The van der Waals surface area contributed by atoms with Crippen LogP contribution in [-0.4, -0.2) is 44.7 Å². The van der Waals surface area contributed by atoms with Crippen LogP contribution in [0.1, 0.15) is 25.0 Å². The minimum absolute atomic E-state index is 0.176. The molecule has 192 valence electrons. The van der Waals surface area contributed by atoms with Gasteiger partial charge in [-0.1, -0.05) is 37.4 Å². The Balaban J connectivity index is 0.000000797. The van der Waals surface area contributed by atoms with E-state index in [2.05, 4.69) is 13.2 Å². The zero-order valence-electron chi connectivity index (χ0n) is 18.4. The van der Waals surface area contributed by atoms with Gasteiger partial charge in [0.2, 0.25) is 5.41 Å². The molecule has 2 rings (SSSR count). The molecule has 0 saturated heterocycles. The van der Waals surface area contributed by atoms with E-state index in [0.717, 1.165) is 24.3 Å². The van der Waals surface area contributed by atoms with Gasteiger partial charge in [0.1, 0.15) is 11.5 Å². The number of benzene rings is 2. The summed E-state index contributed by atoms with van der Waals surface area (Å²) in [5.74, 6) is -2.79. The van der Waals surface area contributed by atoms with Gasteiger partial charge in [0.05, 0.1) is 0 Å². The van der Waals surface area contributed by atoms with Crippen LogP contribution in [0.5, 0.6) is 11.5 Å².